The van der Waals surface area contributed by atoms with Gasteiger partial charge >= 0.3 is 105 Å². The third kappa shape index (κ3) is 49.0. The van der Waals surface area contributed by atoms with E-state index in [4.69, 9.17) is 12.3 Å². The van der Waals surface area contributed by atoms with Crippen molar-refractivity contribution in [3.63, 3.8) is 0 Å². The molecule has 1 unspecified atom stereocenters. The van der Waals surface area contributed by atoms with E-state index in [0.29, 0.717) is 0 Å². The molecule has 0 fully saturated rings. The van der Waals surface area contributed by atoms with Crippen molar-refractivity contribution in [2.24, 2.45) is 0 Å². The van der Waals surface area contributed by atoms with Crippen molar-refractivity contribution in [1.29, 1.82) is 0 Å². The molecule has 0 spiro atoms. The first-order chi connectivity index (χ1) is 1.73. The molecule has 0 aromatic rings. The topological polar surface area (TPSA) is 60.7 Å². The summed E-state index contributed by atoms with van der Waals surface area (Å²) in [5, 5.41) is 0. The third-order valence-corrected chi connectivity index (χ3v) is 0. The van der Waals surface area contributed by atoms with Gasteiger partial charge < -0.3 is 0 Å². The molecule has 38 valence electrons. The van der Waals surface area contributed by atoms with Gasteiger partial charge in [-0.3, -0.25) is 0 Å². The first-order valence-corrected chi connectivity index (χ1v) is 3.12. The Balaban J connectivity index is -0.0000000150. The monoisotopic (exact) mass is 252 g/mol. The standard InChI is InChI=1S/AsH3O3.AsH3.2Na.2H/c2-1(3)4;;;;;/h2-4H;1H3;;;;. The van der Waals surface area contributed by atoms with Crippen molar-refractivity contribution < 1.29 is 12.3 Å². The van der Waals surface area contributed by atoms with Gasteiger partial charge in [-0.1, -0.05) is 0 Å². The minimum absolute atomic E-state index is 0. The van der Waals surface area contributed by atoms with Crippen molar-refractivity contribution >= 4 is 92.7 Å². The van der Waals surface area contributed by atoms with E-state index < -0.39 is 15.7 Å². The summed E-state index contributed by atoms with van der Waals surface area (Å²) in [6, 6.07) is 0. The Hall–Kier alpha value is 3.00. The molecule has 0 aliphatic carbocycles. The van der Waals surface area contributed by atoms with E-state index in [1.807, 2.05) is 0 Å². The molecule has 3 N–H and O–H groups in total. The fraction of sp³-hybridized carbons (Fsp3) is 0. The predicted octanol–water partition coefficient (Wildman–Crippen LogP) is -4.53. The third-order valence-electron chi connectivity index (χ3n) is 0. The number of hydrogen-bond acceptors (Lipinski definition) is 3. The van der Waals surface area contributed by atoms with Crippen LogP contribution in [0, 0.1) is 0 Å². The van der Waals surface area contributed by atoms with Gasteiger partial charge in [0.25, 0.3) is 0 Å². The van der Waals surface area contributed by atoms with Gasteiger partial charge in [-0.2, -0.15) is 0 Å². The van der Waals surface area contributed by atoms with Crippen LogP contribution in [0.2, 0.25) is 0 Å². The molecule has 0 aliphatic rings. The Morgan fingerprint density at radius 1 is 0.857 bits per heavy atom. The normalized spacial score (nSPS) is 5.14. The molecule has 1 atom stereocenters. The first kappa shape index (κ1) is 22.5. The molecule has 0 amide bonds. The van der Waals surface area contributed by atoms with Gasteiger partial charge in [0.15, 0.2) is 0 Å². The Labute approximate surface area is 103 Å². The molecule has 0 aromatic carbocycles. The average Bonchev–Trinajstić information content (AvgIpc) is 0.811. The van der Waals surface area contributed by atoms with Crippen LogP contribution in [0.5, 0.6) is 0 Å². The van der Waals surface area contributed by atoms with Crippen molar-refractivity contribution in [3.05, 3.63) is 0 Å². The molecule has 7 heteroatoms. The van der Waals surface area contributed by atoms with Crippen molar-refractivity contribution in [1.82, 2.24) is 0 Å². The minimum atomic E-state index is -3.19. The Kier molecular flexibility index (Phi) is 51.4. The molecular formula is H8As2Na2O3. The molecule has 0 saturated heterocycles. The molecule has 0 heterocycles. The summed E-state index contributed by atoms with van der Waals surface area (Å²) >= 11 is -3.19. The maximum atomic E-state index is 7.31. The van der Waals surface area contributed by atoms with Crippen LogP contribution in [0.4, 0.5) is 0 Å². The molecule has 3 nitrogen and oxygen atoms in total. The molecule has 0 bridgehead atoms. The average molecular weight is 252 g/mol. The summed E-state index contributed by atoms with van der Waals surface area (Å²) in [6.45, 7) is 0. The van der Waals surface area contributed by atoms with Crippen molar-refractivity contribution in [2.45, 2.75) is 0 Å². The van der Waals surface area contributed by atoms with Gasteiger partial charge in [0.1, 0.15) is 0 Å². The van der Waals surface area contributed by atoms with Crippen LogP contribution in [0.1, 0.15) is 0 Å². The van der Waals surface area contributed by atoms with E-state index in [-0.39, 0.29) is 77.1 Å². The predicted molar refractivity (Wildman–Crippen MR) is 36.6 cm³/mol. The fourth-order valence-corrected chi connectivity index (χ4v) is 0. The Morgan fingerprint density at radius 2 is 0.857 bits per heavy atom. The van der Waals surface area contributed by atoms with E-state index in [0.717, 1.165) is 0 Å². The van der Waals surface area contributed by atoms with Crippen LogP contribution >= 0.6 is 0 Å². The van der Waals surface area contributed by atoms with E-state index >= 15 is 0 Å². The van der Waals surface area contributed by atoms with Gasteiger partial charge in [-0.05, 0) is 0 Å². The zero-order valence-corrected chi connectivity index (χ0v) is 7.34. The molecule has 0 radical (unpaired) electrons. The van der Waals surface area contributed by atoms with Gasteiger partial charge in [0, 0.05) is 0 Å². The van der Waals surface area contributed by atoms with Crippen LogP contribution in [0.25, 0.3) is 0 Å². The van der Waals surface area contributed by atoms with E-state index in [1.165, 1.54) is 0 Å². The summed E-state index contributed by atoms with van der Waals surface area (Å²) in [5.41, 5.74) is 0. The van der Waals surface area contributed by atoms with Gasteiger partial charge in [0.05, 0.1) is 0 Å². The summed E-state index contributed by atoms with van der Waals surface area (Å²) in [6.07, 6.45) is 0. The molecular weight excluding hydrogens is 244 g/mol. The maximum absolute atomic E-state index is 7.31. The van der Waals surface area contributed by atoms with Gasteiger partial charge in [-0.15, -0.1) is 0 Å². The second-order valence-corrected chi connectivity index (χ2v) is 1.39. The Morgan fingerprint density at radius 3 is 0.857 bits per heavy atom. The molecule has 0 saturated carbocycles. The molecule has 0 rings (SSSR count). The SMILES string of the molecule is O[As](O)O.[AsH3].[NaH].[NaH]. The zero-order chi connectivity index (χ0) is 3.58. The Bertz CT molecular complexity index is 15.7. The van der Waals surface area contributed by atoms with Crippen molar-refractivity contribution in [2.75, 3.05) is 0 Å². The van der Waals surface area contributed by atoms with Crippen LogP contribution in [0.3, 0.4) is 0 Å². The van der Waals surface area contributed by atoms with Crippen molar-refractivity contribution in [3.8, 4) is 0 Å². The van der Waals surface area contributed by atoms with Crippen LogP contribution in [0.15, 0.2) is 0 Å². The number of hydrogen-bond donors (Lipinski definition) is 3. The quantitative estimate of drug-likeness (QED) is 0.380. The van der Waals surface area contributed by atoms with Gasteiger partial charge in [0.2, 0.25) is 0 Å². The summed E-state index contributed by atoms with van der Waals surface area (Å²) in [7, 11) is 0. The summed E-state index contributed by atoms with van der Waals surface area (Å²) in [4.78, 5) is 0. The second-order valence-electron chi connectivity index (χ2n) is 0.268. The fourth-order valence-electron chi connectivity index (χ4n) is 0. The molecule has 0 aromatic heterocycles. The zero-order valence-electron chi connectivity index (χ0n) is 2.50. The summed E-state index contributed by atoms with van der Waals surface area (Å²) in [5.74, 6) is 0. The van der Waals surface area contributed by atoms with Crippen LogP contribution in [-0.2, 0) is 0 Å². The van der Waals surface area contributed by atoms with Crippen LogP contribution < -0.4 is 0 Å². The molecule has 0 aliphatic heterocycles. The van der Waals surface area contributed by atoms with E-state index in [2.05, 4.69) is 0 Å². The molecule has 7 heavy (non-hydrogen) atoms. The van der Waals surface area contributed by atoms with E-state index in [9.17, 15) is 0 Å². The second kappa shape index (κ2) is 16.0. The van der Waals surface area contributed by atoms with Crippen LogP contribution in [-0.4, -0.2) is 105 Å². The first-order valence-electron chi connectivity index (χ1n) is 0.600. The van der Waals surface area contributed by atoms with Gasteiger partial charge in [-0.25, -0.2) is 0 Å². The van der Waals surface area contributed by atoms with E-state index in [1.54, 1.807) is 0 Å². The number of rotatable bonds is 0. The summed E-state index contributed by atoms with van der Waals surface area (Å²) < 4.78 is 21.9.